The molecule has 2 atom stereocenters. The van der Waals surface area contributed by atoms with Gasteiger partial charge < -0.3 is 0 Å². The SMILES string of the molecule is CC(Cc1nn(C)c2c1C(=O)CC(C(C)C)C2)CC(C)(C)C. The summed E-state index contributed by atoms with van der Waals surface area (Å²) in [7, 11) is 1.99. The van der Waals surface area contributed by atoms with Crippen LogP contribution in [0.2, 0.25) is 0 Å². The molecule has 1 aliphatic rings. The average Bonchev–Trinajstić information content (AvgIpc) is 2.63. The maximum absolute atomic E-state index is 12.6. The van der Waals surface area contributed by atoms with Crippen LogP contribution >= 0.6 is 0 Å². The molecule has 1 aromatic heterocycles. The molecule has 2 rings (SSSR count). The zero-order valence-corrected chi connectivity index (χ0v) is 15.4. The third-order valence-electron chi connectivity index (χ3n) is 4.87. The van der Waals surface area contributed by atoms with Crippen molar-refractivity contribution < 1.29 is 4.79 Å². The van der Waals surface area contributed by atoms with E-state index in [1.54, 1.807) is 0 Å². The van der Waals surface area contributed by atoms with Crippen molar-refractivity contribution in [2.75, 3.05) is 0 Å². The molecule has 0 saturated heterocycles. The number of hydrogen-bond acceptors (Lipinski definition) is 2. The van der Waals surface area contributed by atoms with E-state index in [0.29, 0.717) is 35.4 Å². The summed E-state index contributed by atoms with van der Waals surface area (Å²) in [6.45, 7) is 13.5. The second-order valence-electron chi connectivity index (χ2n) is 8.80. The van der Waals surface area contributed by atoms with E-state index in [-0.39, 0.29) is 0 Å². The molecule has 0 saturated carbocycles. The molecule has 0 amide bonds. The number of aryl methyl sites for hydroxylation is 1. The molecule has 0 aliphatic heterocycles. The molecule has 0 fully saturated rings. The first-order chi connectivity index (χ1) is 10.1. The standard InChI is InChI=1S/C19H32N2O/c1-12(2)14-9-16-18(17(22)10-14)15(20-21(16)7)8-13(3)11-19(4,5)6/h12-14H,8-11H2,1-7H3. The van der Waals surface area contributed by atoms with Crippen LogP contribution in [0.1, 0.15) is 76.1 Å². The quantitative estimate of drug-likeness (QED) is 0.824. The third kappa shape index (κ3) is 3.80. The molecule has 1 heterocycles. The number of carbonyl (C=O) groups excluding carboxylic acids is 1. The van der Waals surface area contributed by atoms with Gasteiger partial charge in [-0.1, -0.05) is 41.5 Å². The number of fused-ring (bicyclic) bond motifs is 1. The van der Waals surface area contributed by atoms with E-state index in [1.807, 2.05) is 11.7 Å². The van der Waals surface area contributed by atoms with E-state index in [4.69, 9.17) is 5.10 Å². The second-order valence-corrected chi connectivity index (χ2v) is 8.80. The van der Waals surface area contributed by atoms with Gasteiger partial charge in [0.15, 0.2) is 5.78 Å². The van der Waals surface area contributed by atoms with Crippen LogP contribution < -0.4 is 0 Å². The van der Waals surface area contributed by atoms with Gasteiger partial charge in [-0.25, -0.2) is 0 Å². The number of aromatic nitrogens is 2. The fourth-order valence-corrected chi connectivity index (χ4v) is 3.90. The van der Waals surface area contributed by atoms with Gasteiger partial charge in [0.2, 0.25) is 0 Å². The number of Topliss-reactive ketones (excluding diaryl/α,β-unsaturated/α-hetero) is 1. The summed E-state index contributed by atoms with van der Waals surface area (Å²) in [5.74, 6) is 1.88. The molecule has 2 unspecified atom stereocenters. The van der Waals surface area contributed by atoms with Gasteiger partial charge in [0, 0.05) is 19.2 Å². The first-order valence-corrected chi connectivity index (χ1v) is 8.66. The van der Waals surface area contributed by atoms with Crippen LogP contribution in [0.4, 0.5) is 0 Å². The van der Waals surface area contributed by atoms with Crippen LogP contribution in [-0.2, 0) is 19.9 Å². The zero-order valence-electron chi connectivity index (χ0n) is 15.4. The van der Waals surface area contributed by atoms with Gasteiger partial charge in [0.05, 0.1) is 11.3 Å². The molecule has 0 N–H and O–H groups in total. The molecule has 22 heavy (non-hydrogen) atoms. The summed E-state index contributed by atoms with van der Waals surface area (Å²) in [4.78, 5) is 12.6. The predicted octanol–water partition coefficient (Wildman–Crippen LogP) is 4.44. The summed E-state index contributed by atoms with van der Waals surface area (Å²) in [6, 6.07) is 0. The lowest BCUT2D eigenvalue weighted by Gasteiger charge is -2.26. The topological polar surface area (TPSA) is 34.9 Å². The van der Waals surface area contributed by atoms with Crippen LogP contribution in [0.25, 0.3) is 0 Å². The van der Waals surface area contributed by atoms with Gasteiger partial charge in [-0.15, -0.1) is 0 Å². The lowest BCUT2D eigenvalue weighted by molar-refractivity contribution is 0.0930. The van der Waals surface area contributed by atoms with Crippen LogP contribution in [0.15, 0.2) is 0 Å². The first kappa shape index (κ1) is 17.2. The zero-order chi connectivity index (χ0) is 16.7. The van der Waals surface area contributed by atoms with Crippen LogP contribution in [0.3, 0.4) is 0 Å². The Morgan fingerprint density at radius 3 is 2.41 bits per heavy atom. The minimum Gasteiger partial charge on any atom is -0.294 e. The molecule has 1 aromatic rings. The third-order valence-corrected chi connectivity index (χ3v) is 4.87. The van der Waals surface area contributed by atoms with E-state index < -0.39 is 0 Å². The van der Waals surface area contributed by atoms with Crippen molar-refractivity contribution in [3.05, 3.63) is 17.0 Å². The summed E-state index contributed by atoms with van der Waals surface area (Å²) in [6.07, 6.45) is 3.76. The molecular weight excluding hydrogens is 272 g/mol. The smallest absolute Gasteiger partial charge is 0.166 e. The average molecular weight is 304 g/mol. The van der Waals surface area contributed by atoms with Gasteiger partial charge in [-0.05, 0) is 42.4 Å². The Bertz CT molecular complexity index is 549. The maximum atomic E-state index is 12.6. The van der Waals surface area contributed by atoms with Gasteiger partial charge >= 0.3 is 0 Å². The Morgan fingerprint density at radius 2 is 1.86 bits per heavy atom. The van der Waals surface area contributed by atoms with E-state index in [2.05, 4.69) is 41.5 Å². The first-order valence-electron chi connectivity index (χ1n) is 8.66. The normalized spacial score (nSPS) is 20.4. The van der Waals surface area contributed by atoms with E-state index in [9.17, 15) is 4.79 Å². The fraction of sp³-hybridized carbons (Fsp3) is 0.789. The highest BCUT2D eigenvalue weighted by atomic mass is 16.1. The van der Waals surface area contributed by atoms with Gasteiger partial charge in [-0.3, -0.25) is 9.48 Å². The molecule has 0 radical (unpaired) electrons. The van der Waals surface area contributed by atoms with Crippen molar-refractivity contribution in [1.82, 2.24) is 9.78 Å². The van der Waals surface area contributed by atoms with E-state index >= 15 is 0 Å². The van der Waals surface area contributed by atoms with Crippen LogP contribution in [-0.4, -0.2) is 15.6 Å². The fourth-order valence-electron chi connectivity index (χ4n) is 3.90. The summed E-state index contributed by atoms with van der Waals surface area (Å²) < 4.78 is 1.96. The number of hydrogen-bond donors (Lipinski definition) is 0. The summed E-state index contributed by atoms with van der Waals surface area (Å²) in [5.41, 5.74) is 3.45. The maximum Gasteiger partial charge on any atom is 0.166 e. The van der Waals surface area contributed by atoms with Crippen molar-refractivity contribution in [2.45, 2.75) is 67.2 Å². The Labute approximate surface area is 135 Å². The van der Waals surface area contributed by atoms with Gasteiger partial charge in [0.1, 0.15) is 0 Å². The Kier molecular flexibility index (Phi) is 4.84. The molecule has 3 heteroatoms. The second kappa shape index (κ2) is 6.17. The minimum absolute atomic E-state index is 0.311. The largest absolute Gasteiger partial charge is 0.294 e. The van der Waals surface area contributed by atoms with Crippen molar-refractivity contribution >= 4 is 5.78 Å². The molecule has 3 nitrogen and oxygen atoms in total. The van der Waals surface area contributed by atoms with Crippen LogP contribution in [0, 0.1) is 23.2 Å². The number of ketones is 1. The lowest BCUT2D eigenvalue weighted by atomic mass is 9.78. The Hall–Kier alpha value is -1.12. The number of rotatable bonds is 4. The monoisotopic (exact) mass is 304 g/mol. The van der Waals surface area contributed by atoms with E-state index in [0.717, 1.165) is 36.2 Å². The number of carbonyl (C=O) groups is 1. The molecule has 0 bridgehead atoms. The van der Waals surface area contributed by atoms with Gasteiger partial charge in [-0.2, -0.15) is 5.10 Å². The highest BCUT2D eigenvalue weighted by molar-refractivity contribution is 5.99. The minimum atomic E-state index is 0.311. The van der Waals surface area contributed by atoms with E-state index in [1.165, 1.54) is 0 Å². The molecule has 0 aromatic carbocycles. The van der Waals surface area contributed by atoms with Crippen molar-refractivity contribution in [1.29, 1.82) is 0 Å². The van der Waals surface area contributed by atoms with Crippen molar-refractivity contribution in [3.63, 3.8) is 0 Å². The summed E-state index contributed by atoms with van der Waals surface area (Å²) >= 11 is 0. The number of nitrogens with zero attached hydrogens (tertiary/aromatic N) is 2. The van der Waals surface area contributed by atoms with Crippen molar-refractivity contribution in [3.8, 4) is 0 Å². The Morgan fingerprint density at radius 1 is 1.23 bits per heavy atom. The Balaban J connectivity index is 2.23. The molecule has 0 spiro atoms. The molecular formula is C19H32N2O. The van der Waals surface area contributed by atoms with Gasteiger partial charge in [0.25, 0.3) is 0 Å². The highest BCUT2D eigenvalue weighted by Crippen LogP contribution is 2.33. The molecule has 124 valence electrons. The highest BCUT2D eigenvalue weighted by Gasteiger charge is 2.33. The molecule has 1 aliphatic carbocycles. The summed E-state index contributed by atoms with van der Waals surface area (Å²) in [5, 5.41) is 4.70. The predicted molar refractivity (Wildman–Crippen MR) is 91.1 cm³/mol. The van der Waals surface area contributed by atoms with Crippen LogP contribution in [0.5, 0.6) is 0 Å². The van der Waals surface area contributed by atoms with Crippen molar-refractivity contribution in [2.24, 2.45) is 30.2 Å². The lowest BCUT2D eigenvalue weighted by Crippen LogP contribution is -2.25.